The average Bonchev–Trinajstić information content (AvgIpc) is 3.58. The number of benzene rings is 2. The molecule has 1 amide bonds. The monoisotopic (exact) mass is 481 g/mol. The van der Waals surface area contributed by atoms with E-state index in [-0.39, 0.29) is 11.9 Å². The maximum Gasteiger partial charge on any atom is 0.307 e. The van der Waals surface area contributed by atoms with Gasteiger partial charge in [0.25, 0.3) is 5.91 Å². The molecular weight excluding hydrogens is 452 g/mol. The maximum absolute atomic E-state index is 13.1. The van der Waals surface area contributed by atoms with Crippen LogP contribution in [0.15, 0.2) is 61.1 Å². The van der Waals surface area contributed by atoms with Crippen LogP contribution in [0.4, 0.5) is 5.82 Å². The van der Waals surface area contributed by atoms with E-state index in [4.69, 9.17) is 10.7 Å². The number of anilines is 1. The lowest BCUT2D eigenvalue weighted by atomic mass is 10.1. The minimum atomic E-state index is -0.102. The van der Waals surface area contributed by atoms with Crippen LogP contribution in [0.3, 0.4) is 0 Å². The molecule has 2 aromatic carbocycles. The van der Waals surface area contributed by atoms with Crippen LogP contribution in [-0.4, -0.2) is 39.0 Å². The van der Waals surface area contributed by atoms with Crippen LogP contribution < -0.4 is 21.0 Å². The molecule has 1 fully saturated rings. The van der Waals surface area contributed by atoms with Crippen LogP contribution in [0, 0.1) is 0 Å². The number of rotatable bonds is 5. The van der Waals surface area contributed by atoms with Gasteiger partial charge in [0, 0.05) is 17.7 Å². The van der Waals surface area contributed by atoms with Gasteiger partial charge in [0.2, 0.25) is 0 Å². The normalized spacial score (nSPS) is 19.1. The van der Waals surface area contributed by atoms with Gasteiger partial charge in [0.05, 0.1) is 17.9 Å². The number of aromatic amines is 1. The van der Waals surface area contributed by atoms with Crippen molar-refractivity contribution in [2.45, 2.75) is 37.8 Å². The number of aromatic nitrogens is 5. The van der Waals surface area contributed by atoms with E-state index in [2.05, 4.69) is 37.8 Å². The summed E-state index contributed by atoms with van der Waals surface area (Å²) in [5.41, 5.74) is 11.2. The van der Waals surface area contributed by atoms with Gasteiger partial charge in [-0.15, -0.1) is 0 Å². The second kappa shape index (κ2) is 9.50. The number of amides is 1. The van der Waals surface area contributed by atoms with E-state index in [0.717, 1.165) is 44.3 Å². The SMILES string of the molecule is Nc1ncc(-c2cccc(C(=O)NC3CCc4ccccc43)c2)nc1-c1nc[n+](C2CCCNC2)[nH]1. The molecule has 0 bridgehead atoms. The molecule has 4 aromatic rings. The minimum Gasteiger partial charge on any atom is -0.382 e. The van der Waals surface area contributed by atoms with Gasteiger partial charge in [0.15, 0.2) is 11.5 Å². The lowest BCUT2D eigenvalue weighted by molar-refractivity contribution is -0.774. The number of carbonyl (C=O) groups is 1. The summed E-state index contributed by atoms with van der Waals surface area (Å²) >= 11 is 0. The van der Waals surface area contributed by atoms with E-state index in [0.29, 0.717) is 34.6 Å². The Hall–Kier alpha value is -4.11. The molecule has 2 atom stereocenters. The molecule has 3 heterocycles. The number of aryl methyl sites for hydroxylation is 1. The van der Waals surface area contributed by atoms with Crippen molar-refractivity contribution in [3.8, 4) is 22.8 Å². The van der Waals surface area contributed by atoms with Crippen LogP contribution >= 0.6 is 0 Å². The van der Waals surface area contributed by atoms with Gasteiger partial charge >= 0.3 is 12.2 Å². The highest BCUT2D eigenvalue weighted by Gasteiger charge is 2.25. The molecule has 2 unspecified atom stereocenters. The van der Waals surface area contributed by atoms with Crippen molar-refractivity contribution in [2.24, 2.45) is 0 Å². The summed E-state index contributed by atoms with van der Waals surface area (Å²) in [6.45, 7) is 1.94. The first-order valence-electron chi connectivity index (χ1n) is 12.4. The van der Waals surface area contributed by atoms with Crippen molar-refractivity contribution in [2.75, 3.05) is 18.8 Å². The molecule has 9 nitrogen and oxygen atoms in total. The highest BCUT2D eigenvalue weighted by molar-refractivity contribution is 5.95. The summed E-state index contributed by atoms with van der Waals surface area (Å²) < 4.78 is 2.00. The number of hydrogen-bond acceptors (Lipinski definition) is 6. The largest absolute Gasteiger partial charge is 0.382 e. The van der Waals surface area contributed by atoms with Gasteiger partial charge in [-0.3, -0.25) is 4.79 Å². The molecule has 6 rings (SSSR count). The predicted octanol–water partition coefficient (Wildman–Crippen LogP) is 2.75. The number of H-pyrrole nitrogens is 1. The van der Waals surface area contributed by atoms with Crippen LogP contribution in [0.2, 0.25) is 0 Å². The van der Waals surface area contributed by atoms with E-state index >= 15 is 0 Å². The molecule has 0 radical (unpaired) electrons. The standard InChI is InChI=1S/C27H28N8O/c28-25-24(26-31-16-35(34-26)20-8-4-12-29-14-20)32-23(15-30-25)18-6-3-7-19(13-18)27(36)33-22-11-10-17-5-1-2-9-21(17)22/h1-3,5-7,9,13,15-16,20,22,29H,4,8,10-12,14H2,(H3,28,30,33,34,36)/p+1. The molecule has 1 saturated heterocycles. The first-order valence-corrected chi connectivity index (χ1v) is 12.4. The van der Waals surface area contributed by atoms with Crippen LogP contribution in [-0.2, 0) is 6.42 Å². The maximum atomic E-state index is 13.1. The Bertz CT molecular complexity index is 1410. The fraction of sp³-hybridized carbons (Fsp3) is 0.296. The summed E-state index contributed by atoms with van der Waals surface area (Å²) in [7, 11) is 0. The molecule has 1 aliphatic carbocycles. The zero-order valence-corrected chi connectivity index (χ0v) is 19.9. The van der Waals surface area contributed by atoms with E-state index < -0.39 is 0 Å². The van der Waals surface area contributed by atoms with E-state index in [1.54, 1.807) is 12.5 Å². The number of fused-ring (bicyclic) bond motifs is 1. The molecular formula is C27H29N8O+. The van der Waals surface area contributed by atoms with Gasteiger partial charge in [-0.05, 0) is 60.5 Å². The Kier molecular flexibility index (Phi) is 5.90. The molecule has 182 valence electrons. The molecule has 0 spiro atoms. The summed E-state index contributed by atoms with van der Waals surface area (Å²) in [4.78, 5) is 26.7. The number of nitrogens with one attached hydrogen (secondary N) is 3. The van der Waals surface area contributed by atoms with Crippen LogP contribution in [0.1, 0.15) is 52.8 Å². The molecule has 36 heavy (non-hydrogen) atoms. The third-order valence-corrected chi connectivity index (χ3v) is 7.09. The van der Waals surface area contributed by atoms with Crippen LogP contribution in [0.25, 0.3) is 22.8 Å². The van der Waals surface area contributed by atoms with E-state index in [1.807, 2.05) is 41.1 Å². The third kappa shape index (κ3) is 4.33. The zero-order valence-electron chi connectivity index (χ0n) is 19.9. The van der Waals surface area contributed by atoms with Crippen LogP contribution in [0.5, 0.6) is 0 Å². The predicted molar refractivity (Wildman–Crippen MR) is 136 cm³/mol. The average molecular weight is 482 g/mol. The first-order chi connectivity index (χ1) is 17.7. The van der Waals surface area contributed by atoms with Crippen molar-refractivity contribution in [3.05, 3.63) is 77.7 Å². The van der Waals surface area contributed by atoms with Gasteiger partial charge in [-0.2, -0.15) is 9.78 Å². The van der Waals surface area contributed by atoms with Gasteiger partial charge in [0.1, 0.15) is 6.04 Å². The minimum absolute atomic E-state index is 0.0327. The highest BCUT2D eigenvalue weighted by Crippen LogP contribution is 2.31. The summed E-state index contributed by atoms with van der Waals surface area (Å²) in [6.07, 6.45) is 7.52. The molecule has 1 aliphatic heterocycles. The number of nitrogens with two attached hydrogens (primary N) is 1. The van der Waals surface area contributed by atoms with Gasteiger partial charge < -0.3 is 16.4 Å². The number of nitrogens with zero attached hydrogens (tertiary/aromatic N) is 4. The Morgan fingerprint density at radius 1 is 1.11 bits per heavy atom. The molecule has 2 aromatic heterocycles. The highest BCUT2D eigenvalue weighted by atomic mass is 16.1. The fourth-order valence-corrected chi connectivity index (χ4v) is 5.15. The van der Waals surface area contributed by atoms with Crippen molar-refractivity contribution in [1.82, 2.24) is 30.7 Å². The summed E-state index contributed by atoms with van der Waals surface area (Å²) in [6, 6.07) is 16.1. The van der Waals surface area contributed by atoms with Gasteiger partial charge in [-0.25, -0.2) is 9.97 Å². The van der Waals surface area contributed by atoms with E-state index in [1.165, 1.54) is 11.1 Å². The Balaban J connectivity index is 1.24. The van der Waals surface area contributed by atoms with Crippen molar-refractivity contribution in [3.63, 3.8) is 0 Å². The Labute approximate surface area is 209 Å². The second-order valence-electron chi connectivity index (χ2n) is 9.45. The lowest BCUT2D eigenvalue weighted by Gasteiger charge is -2.18. The number of piperidine rings is 1. The second-order valence-corrected chi connectivity index (χ2v) is 9.45. The smallest absolute Gasteiger partial charge is 0.307 e. The first kappa shape index (κ1) is 22.4. The van der Waals surface area contributed by atoms with Crippen molar-refractivity contribution < 1.29 is 9.48 Å². The Morgan fingerprint density at radius 3 is 2.92 bits per heavy atom. The fourth-order valence-electron chi connectivity index (χ4n) is 5.15. The van der Waals surface area contributed by atoms with Gasteiger partial charge in [-0.1, -0.05) is 36.4 Å². The Morgan fingerprint density at radius 2 is 2.03 bits per heavy atom. The van der Waals surface area contributed by atoms with Crippen molar-refractivity contribution >= 4 is 11.7 Å². The number of nitrogen functional groups attached to an aromatic ring is 1. The number of carbonyl (C=O) groups excluding carboxylic acids is 1. The molecule has 0 saturated carbocycles. The lowest BCUT2D eigenvalue weighted by Crippen LogP contribution is -2.48. The topological polar surface area (TPSA) is 125 Å². The quantitative estimate of drug-likeness (QED) is 0.325. The zero-order chi connectivity index (χ0) is 24.5. The van der Waals surface area contributed by atoms with Crippen molar-refractivity contribution in [1.29, 1.82) is 0 Å². The van der Waals surface area contributed by atoms with E-state index in [9.17, 15) is 4.79 Å². The summed E-state index contributed by atoms with van der Waals surface area (Å²) in [5.74, 6) is 0.771. The molecule has 2 aliphatic rings. The third-order valence-electron chi connectivity index (χ3n) is 7.09. The number of hydrogen-bond donors (Lipinski definition) is 4. The molecule has 5 N–H and O–H groups in total. The molecule has 9 heteroatoms. The summed E-state index contributed by atoms with van der Waals surface area (Å²) in [5, 5.41) is 9.92.